The Labute approximate surface area is 96.0 Å². The van der Waals surface area contributed by atoms with Gasteiger partial charge < -0.3 is 9.15 Å². The molecule has 1 N–H and O–H groups in total. The molecule has 0 saturated heterocycles. The summed E-state index contributed by atoms with van der Waals surface area (Å²) in [5.41, 5.74) is 1.08. The molecular formula is C12H19NO3. The van der Waals surface area contributed by atoms with Crippen molar-refractivity contribution in [3.63, 3.8) is 0 Å². The van der Waals surface area contributed by atoms with Gasteiger partial charge in [0.05, 0.1) is 7.11 Å². The predicted octanol–water partition coefficient (Wildman–Crippen LogP) is 2.11. The Hall–Kier alpha value is -1.29. The fraction of sp³-hybridized carbons (Fsp3) is 0.583. The third-order valence-electron chi connectivity index (χ3n) is 2.60. The predicted molar refractivity (Wildman–Crippen MR) is 61.2 cm³/mol. The Morgan fingerprint density at radius 2 is 2.06 bits per heavy atom. The van der Waals surface area contributed by atoms with Gasteiger partial charge in [0.25, 0.3) is 0 Å². The average molecular weight is 225 g/mol. The van der Waals surface area contributed by atoms with E-state index in [1.54, 1.807) is 6.92 Å². The summed E-state index contributed by atoms with van der Waals surface area (Å²) in [4.78, 5) is 11.3. The van der Waals surface area contributed by atoms with E-state index in [1.807, 2.05) is 26.8 Å². The molecule has 1 heterocycles. The topological polar surface area (TPSA) is 51.5 Å². The molecule has 0 aliphatic rings. The summed E-state index contributed by atoms with van der Waals surface area (Å²) in [7, 11) is 1.39. The minimum atomic E-state index is -0.324. The number of rotatable bonds is 4. The first-order valence-corrected chi connectivity index (χ1v) is 5.36. The van der Waals surface area contributed by atoms with Gasteiger partial charge in [-0.1, -0.05) is 0 Å². The standard InChI is InChI=1S/C12H19NO3/c1-7-6-11(10(4)16-7)8(2)13-9(3)12(14)15-5/h6,8-9,13H,1-5H3/t8?,9-/m0/s1. The highest BCUT2D eigenvalue weighted by atomic mass is 16.5. The number of hydrogen-bond donors (Lipinski definition) is 1. The lowest BCUT2D eigenvalue weighted by Gasteiger charge is -2.17. The molecule has 90 valence electrons. The van der Waals surface area contributed by atoms with E-state index in [9.17, 15) is 4.79 Å². The van der Waals surface area contributed by atoms with Crippen LogP contribution in [-0.2, 0) is 9.53 Å². The second-order valence-electron chi connectivity index (χ2n) is 4.00. The van der Waals surface area contributed by atoms with E-state index < -0.39 is 0 Å². The molecule has 0 radical (unpaired) electrons. The number of carbonyl (C=O) groups is 1. The van der Waals surface area contributed by atoms with Gasteiger partial charge in [0.15, 0.2) is 0 Å². The number of carbonyl (C=O) groups excluding carboxylic acids is 1. The van der Waals surface area contributed by atoms with Gasteiger partial charge in [-0.2, -0.15) is 0 Å². The third-order valence-corrected chi connectivity index (χ3v) is 2.60. The highest BCUT2D eigenvalue weighted by Crippen LogP contribution is 2.21. The van der Waals surface area contributed by atoms with E-state index in [0.717, 1.165) is 17.1 Å². The van der Waals surface area contributed by atoms with E-state index >= 15 is 0 Å². The Kier molecular flexibility index (Phi) is 4.12. The van der Waals surface area contributed by atoms with Gasteiger partial charge in [-0.25, -0.2) is 0 Å². The van der Waals surface area contributed by atoms with Crippen LogP contribution in [0.3, 0.4) is 0 Å². The molecule has 16 heavy (non-hydrogen) atoms. The number of methoxy groups -OCH3 is 1. The van der Waals surface area contributed by atoms with Crippen LogP contribution in [0.15, 0.2) is 10.5 Å². The molecule has 0 aliphatic carbocycles. The first kappa shape index (κ1) is 12.8. The van der Waals surface area contributed by atoms with E-state index in [4.69, 9.17) is 4.42 Å². The van der Waals surface area contributed by atoms with Gasteiger partial charge in [-0.15, -0.1) is 0 Å². The highest BCUT2D eigenvalue weighted by Gasteiger charge is 2.19. The van der Waals surface area contributed by atoms with Crippen molar-refractivity contribution >= 4 is 5.97 Å². The molecule has 0 saturated carbocycles. The van der Waals surface area contributed by atoms with Crippen molar-refractivity contribution in [2.45, 2.75) is 39.8 Å². The summed E-state index contributed by atoms with van der Waals surface area (Å²) in [6.45, 7) is 7.61. The number of nitrogens with one attached hydrogen (secondary N) is 1. The monoisotopic (exact) mass is 225 g/mol. The van der Waals surface area contributed by atoms with Crippen LogP contribution in [0.2, 0.25) is 0 Å². The third kappa shape index (κ3) is 2.85. The SMILES string of the molecule is COC(=O)[C@H](C)NC(C)c1cc(C)oc1C. The van der Waals surface area contributed by atoms with Crippen LogP contribution in [-0.4, -0.2) is 19.1 Å². The average Bonchev–Trinajstić information content (AvgIpc) is 2.56. The number of esters is 1. The van der Waals surface area contributed by atoms with Crippen molar-refractivity contribution in [2.24, 2.45) is 0 Å². The smallest absolute Gasteiger partial charge is 0.322 e. The van der Waals surface area contributed by atoms with Gasteiger partial charge in [0, 0.05) is 11.6 Å². The number of hydrogen-bond acceptors (Lipinski definition) is 4. The van der Waals surface area contributed by atoms with Gasteiger partial charge in [-0.3, -0.25) is 10.1 Å². The quantitative estimate of drug-likeness (QED) is 0.797. The molecule has 1 aromatic rings. The van der Waals surface area contributed by atoms with Crippen molar-refractivity contribution in [3.05, 3.63) is 23.2 Å². The largest absolute Gasteiger partial charge is 0.468 e. The lowest BCUT2D eigenvalue weighted by atomic mass is 10.1. The van der Waals surface area contributed by atoms with Crippen LogP contribution in [0.25, 0.3) is 0 Å². The molecule has 2 atom stereocenters. The summed E-state index contributed by atoms with van der Waals surface area (Å²) in [6.07, 6.45) is 0. The summed E-state index contributed by atoms with van der Waals surface area (Å²) in [6, 6.07) is 1.72. The van der Waals surface area contributed by atoms with Crippen LogP contribution >= 0.6 is 0 Å². The molecule has 0 aliphatic heterocycles. The maximum Gasteiger partial charge on any atom is 0.322 e. The molecule has 4 heteroatoms. The second-order valence-corrected chi connectivity index (χ2v) is 4.00. The van der Waals surface area contributed by atoms with Gasteiger partial charge in [-0.05, 0) is 33.8 Å². The Balaban J connectivity index is 2.68. The number of ether oxygens (including phenoxy) is 1. The maximum absolute atomic E-state index is 11.3. The lowest BCUT2D eigenvalue weighted by Crippen LogP contribution is -2.36. The Morgan fingerprint density at radius 3 is 2.50 bits per heavy atom. The first-order valence-electron chi connectivity index (χ1n) is 5.36. The van der Waals surface area contributed by atoms with Gasteiger partial charge in [0.2, 0.25) is 0 Å². The van der Waals surface area contributed by atoms with Crippen molar-refractivity contribution in [3.8, 4) is 0 Å². The summed E-state index contributed by atoms with van der Waals surface area (Å²) in [5, 5.41) is 3.17. The van der Waals surface area contributed by atoms with Crippen LogP contribution < -0.4 is 5.32 Å². The summed E-state index contributed by atoms with van der Waals surface area (Å²) < 4.78 is 10.1. The fourth-order valence-corrected chi connectivity index (χ4v) is 1.79. The van der Waals surface area contributed by atoms with Crippen LogP contribution in [0.5, 0.6) is 0 Å². The number of aryl methyl sites for hydroxylation is 2. The zero-order valence-electron chi connectivity index (χ0n) is 10.5. The van der Waals surface area contributed by atoms with E-state index in [0.29, 0.717) is 0 Å². The normalized spacial score (nSPS) is 14.6. The molecule has 0 bridgehead atoms. The van der Waals surface area contributed by atoms with E-state index in [-0.39, 0.29) is 18.1 Å². The zero-order chi connectivity index (χ0) is 12.3. The lowest BCUT2D eigenvalue weighted by molar-refractivity contribution is -0.142. The van der Waals surface area contributed by atoms with Crippen LogP contribution in [0, 0.1) is 13.8 Å². The molecule has 0 aromatic carbocycles. The van der Waals surface area contributed by atoms with Crippen LogP contribution in [0.4, 0.5) is 0 Å². The molecule has 1 aromatic heterocycles. The number of furan rings is 1. The maximum atomic E-state index is 11.3. The zero-order valence-corrected chi connectivity index (χ0v) is 10.5. The summed E-state index contributed by atoms with van der Waals surface area (Å²) in [5.74, 6) is 1.51. The molecule has 1 unspecified atom stereocenters. The van der Waals surface area contributed by atoms with E-state index in [2.05, 4.69) is 10.1 Å². The van der Waals surface area contributed by atoms with Crippen molar-refractivity contribution in [2.75, 3.05) is 7.11 Å². The van der Waals surface area contributed by atoms with Crippen molar-refractivity contribution < 1.29 is 13.9 Å². The Morgan fingerprint density at radius 1 is 1.44 bits per heavy atom. The second kappa shape index (κ2) is 5.16. The highest BCUT2D eigenvalue weighted by molar-refractivity contribution is 5.75. The van der Waals surface area contributed by atoms with E-state index in [1.165, 1.54) is 7.11 Å². The molecule has 0 spiro atoms. The Bertz CT molecular complexity index is 370. The van der Waals surface area contributed by atoms with Gasteiger partial charge >= 0.3 is 5.97 Å². The molecule has 1 rings (SSSR count). The fourth-order valence-electron chi connectivity index (χ4n) is 1.79. The molecule has 4 nitrogen and oxygen atoms in total. The minimum Gasteiger partial charge on any atom is -0.468 e. The minimum absolute atomic E-state index is 0.0616. The van der Waals surface area contributed by atoms with Gasteiger partial charge in [0.1, 0.15) is 17.6 Å². The molecule has 0 amide bonds. The summed E-state index contributed by atoms with van der Waals surface area (Å²) >= 11 is 0. The van der Waals surface area contributed by atoms with Crippen molar-refractivity contribution in [1.29, 1.82) is 0 Å². The first-order chi connectivity index (χ1) is 7.45. The van der Waals surface area contributed by atoms with Crippen molar-refractivity contribution in [1.82, 2.24) is 5.32 Å². The molecule has 0 fully saturated rings. The molecular weight excluding hydrogens is 206 g/mol. The van der Waals surface area contributed by atoms with Crippen LogP contribution in [0.1, 0.15) is 37.0 Å².